The first-order valence-electron chi connectivity index (χ1n) is 5.17. The number of nitrogen functional groups attached to an aromatic ring is 1. The largest absolute Gasteiger partial charge is 0.382 e. The number of nitrogens with two attached hydrogens (primary N) is 1. The Kier molecular flexibility index (Phi) is 2.69. The van der Waals surface area contributed by atoms with Crippen molar-refractivity contribution in [2.45, 2.75) is 38.6 Å². The molecule has 1 aromatic heterocycles. The Morgan fingerprint density at radius 1 is 1.40 bits per heavy atom. The van der Waals surface area contributed by atoms with Gasteiger partial charge in [-0.2, -0.15) is 0 Å². The van der Waals surface area contributed by atoms with Gasteiger partial charge in [0.1, 0.15) is 16.7 Å². The van der Waals surface area contributed by atoms with E-state index in [9.17, 15) is 0 Å². The maximum atomic E-state index is 6.03. The number of nitrogens with zero attached hydrogens (tertiary/aromatic N) is 2. The van der Waals surface area contributed by atoms with Crippen LogP contribution in [-0.2, 0) is 0 Å². The minimum atomic E-state index is 0.254. The van der Waals surface area contributed by atoms with Crippen molar-refractivity contribution in [3.05, 3.63) is 10.8 Å². The van der Waals surface area contributed by atoms with E-state index in [2.05, 4.69) is 15.3 Å². The first kappa shape index (κ1) is 10.5. The lowest BCUT2D eigenvalue weighted by Crippen LogP contribution is -2.10. The first-order valence-corrected chi connectivity index (χ1v) is 5.55. The highest BCUT2D eigenvalue weighted by Crippen LogP contribution is 2.31. The molecule has 0 spiro atoms. The van der Waals surface area contributed by atoms with Crippen LogP contribution < -0.4 is 11.1 Å². The fourth-order valence-electron chi connectivity index (χ4n) is 1.26. The summed E-state index contributed by atoms with van der Waals surface area (Å²) in [5.41, 5.74) is 5.73. The Hall–Kier alpha value is -1.03. The van der Waals surface area contributed by atoms with E-state index in [1.54, 1.807) is 0 Å². The molecule has 0 aliphatic heterocycles. The second kappa shape index (κ2) is 3.85. The second-order valence-corrected chi connectivity index (χ2v) is 4.58. The van der Waals surface area contributed by atoms with Gasteiger partial charge in [0, 0.05) is 12.0 Å². The predicted octanol–water partition coefficient (Wildman–Crippen LogP) is 2.41. The third-order valence-electron chi connectivity index (χ3n) is 2.33. The Bertz CT molecular complexity index is 374. The summed E-state index contributed by atoms with van der Waals surface area (Å²) in [6.45, 7) is 4.06. The standard InChI is InChI=1S/C10H15ClN4/c1-5(2)9-14-8(12)7(11)10(15-9)13-6-3-4-6/h5-6H,3-4H2,1-2H3,(H3,12,13,14,15). The average Bonchev–Trinajstić information content (AvgIpc) is 2.96. The molecular formula is C10H15ClN4. The molecule has 15 heavy (non-hydrogen) atoms. The third kappa shape index (κ3) is 2.31. The maximum absolute atomic E-state index is 6.03. The molecule has 0 amide bonds. The Morgan fingerprint density at radius 2 is 2.07 bits per heavy atom. The molecule has 82 valence electrons. The van der Waals surface area contributed by atoms with Crippen LogP contribution in [0.1, 0.15) is 38.4 Å². The molecule has 0 radical (unpaired) electrons. The molecule has 1 aliphatic carbocycles. The normalized spacial score (nSPS) is 15.7. The lowest BCUT2D eigenvalue weighted by Gasteiger charge is -2.11. The molecule has 1 aromatic rings. The van der Waals surface area contributed by atoms with Gasteiger partial charge < -0.3 is 11.1 Å². The molecule has 4 nitrogen and oxygen atoms in total. The van der Waals surface area contributed by atoms with Gasteiger partial charge in [0.2, 0.25) is 0 Å². The summed E-state index contributed by atoms with van der Waals surface area (Å²) in [5.74, 6) is 2.03. The van der Waals surface area contributed by atoms with E-state index in [0.29, 0.717) is 22.7 Å². The minimum Gasteiger partial charge on any atom is -0.382 e. The molecule has 0 bridgehead atoms. The zero-order chi connectivity index (χ0) is 11.0. The van der Waals surface area contributed by atoms with Crippen molar-refractivity contribution in [3.8, 4) is 0 Å². The molecule has 1 fully saturated rings. The number of rotatable bonds is 3. The van der Waals surface area contributed by atoms with Crippen LogP contribution >= 0.6 is 11.6 Å². The molecule has 5 heteroatoms. The summed E-state index contributed by atoms with van der Waals surface area (Å²) in [5, 5.41) is 3.69. The molecule has 0 aromatic carbocycles. The highest BCUT2D eigenvalue weighted by atomic mass is 35.5. The van der Waals surface area contributed by atoms with Crippen molar-refractivity contribution in [1.82, 2.24) is 9.97 Å². The fraction of sp³-hybridized carbons (Fsp3) is 0.600. The first-order chi connectivity index (χ1) is 7.08. The van der Waals surface area contributed by atoms with Gasteiger partial charge in [-0.05, 0) is 12.8 Å². The van der Waals surface area contributed by atoms with Crippen molar-refractivity contribution in [2.24, 2.45) is 0 Å². The number of hydrogen-bond acceptors (Lipinski definition) is 4. The van der Waals surface area contributed by atoms with Crippen LogP contribution in [0, 0.1) is 0 Å². The average molecular weight is 227 g/mol. The summed E-state index contributed by atoms with van der Waals surface area (Å²) in [6.07, 6.45) is 2.36. The molecule has 1 heterocycles. The van der Waals surface area contributed by atoms with Gasteiger partial charge in [0.25, 0.3) is 0 Å². The monoisotopic (exact) mass is 226 g/mol. The van der Waals surface area contributed by atoms with Crippen LogP contribution in [0.15, 0.2) is 0 Å². The van der Waals surface area contributed by atoms with E-state index >= 15 is 0 Å². The SMILES string of the molecule is CC(C)c1nc(N)c(Cl)c(NC2CC2)n1. The van der Waals surface area contributed by atoms with Crippen molar-refractivity contribution in [3.63, 3.8) is 0 Å². The Morgan fingerprint density at radius 3 is 2.60 bits per heavy atom. The van der Waals surface area contributed by atoms with Gasteiger partial charge in [-0.1, -0.05) is 25.4 Å². The van der Waals surface area contributed by atoms with Crippen LogP contribution in [0.5, 0.6) is 0 Å². The second-order valence-electron chi connectivity index (χ2n) is 4.20. The molecule has 0 saturated heterocycles. The highest BCUT2D eigenvalue weighted by molar-refractivity contribution is 6.35. The third-order valence-corrected chi connectivity index (χ3v) is 2.70. The van der Waals surface area contributed by atoms with E-state index in [1.165, 1.54) is 12.8 Å². The molecule has 0 unspecified atom stereocenters. The van der Waals surface area contributed by atoms with Gasteiger partial charge in [-0.15, -0.1) is 0 Å². The number of aromatic nitrogens is 2. The highest BCUT2D eigenvalue weighted by Gasteiger charge is 2.23. The van der Waals surface area contributed by atoms with Crippen molar-refractivity contribution in [2.75, 3.05) is 11.1 Å². The number of hydrogen-bond donors (Lipinski definition) is 2. The van der Waals surface area contributed by atoms with Gasteiger partial charge in [0.15, 0.2) is 5.82 Å². The molecule has 1 aliphatic rings. The van der Waals surface area contributed by atoms with Gasteiger partial charge >= 0.3 is 0 Å². The van der Waals surface area contributed by atoms with Crippen molar-refractivity contribution < 1.29 is 0 Å². The van der Waals surface area contributed by atoms with E-state index in [0.717, 1.165) is 5.82 Å². The maximum Gasteiger partial charge on any atom is 0.151 e. The van der Waals surface area contributed by atoms with Crippen LogP contribution in [0.3, 0.4) is 0 Å². The summed E-state index contributed by atoms with van der Waals surface area (Å²) in [6, 6.07) is 0.511. The van der Waals surface area contributed by atoms with Crippen molar-refractivity contribution in [1.29, 1.82) is 0 Å². The summed E-state index contributed by atoms with van der Waals surface area (Å²) in [4.78, 5) is 8.53. The zero-order valence-corrected chi connectivity index (χ0v) is 9.67. The molecule has 2 rings (SSSR count). The lowest BCUT2D eigenvalue weighted by molar-refractivity contribution is 0.777. The minimum absolute atomic E-state index is 0.254. The van der Waals surface area contributed by atoms with Crippen molar-refractivity contribution >= 4 is 23.2 Å². The number of nitrogens with one attached hydrogen (secondary N) is 1. The fourth-order valence-corrected chi connectivity index (χ4v) is 1.40. The topological polar surface area (TPSA) is 63.8 Å². The predicted molar refractivity (Wildman–Crippen MR) is 62.2 cm³/mol. The summed E-state index contributed by atoms with van der Waals surface area (Å²) >= 11 is 6.03. The molecule has 0 atom stereocenters. The van der Waals surface area contributed by atoms with E-state index in [1.807, 2.05) is 13.8 Å². The smallest absolute Gasteiger partial charge is 0.151 e. The summed E-state index contributed by atoms with van der Waals surface area (Å²) < 4.78 is 0. The van der Waals surface area contributed by atoms with Gasteiger partial charge in [-0.25, -0.2) is 9.97 Å². The van der Waals surface area contributed by atoms with Gasteiger partial charge in [-0.3, -0.25) is 0 Å². The Balaban J connectivity index is 2.32. The Labute approximate surface area is 94.2 Å². The number of anilines is 2. The van der Waals surface area contributed by atoms with Crippen LogP contribution in [0.25, 0.3) is 0 Å². The van der Waals surface area contributed by atoms with E-state index in [-0.39, 0.29) is 5.92 Å². The van der Waals surface area contributed by atoms with Crippen LogP contribution in [-0.4, -0.2) is 16.0 Å². The quantitative estimate of drug-likeness (QED) is 0.831. The molecule has 3 N–H and O–H groups in total. The summed E-state index contributed by atoms with van der Waals surface area (Å²) in [7, 11) is 0. The molecular weight excluding hydrogens is 212 g/mol. The van der Waals surface area contributed by atoms with Gasteiger partial charge in [0.05, 0.1) is 0 Å². The van der Waals surface area contributed by atoms with Crippen LogP contribution in [0.2, 0.25) is 5.02 Å². The van der Waals surface area contributed by atoms with E-state index < -0.39 is 0 Å². The van der Waals surface area contributed by atoms with E-state index in [4.69, 9.17) is 17.3 Å². The lowest BCUT2D eigenvalue weighted by atomic mass is 10.2. The number of halogens is 1. The van der Waals surface area contributed by atoms with Crippen LogP contribution in [0.4, 0.5) is 11.6 Å². The molecule has 1 saturated carbocycles. The zero-order valence-electron chi connectivity index (χ0n) is 8.92.